The average Bonchev–Trinajstić information content (AvgIpc) is 2.90. The second-order valence-electron chi connectivity index (χ2n) is 5.60. The molecule has 25 heavy (non-hydrogen) atoms. The van der Waals surface area contributed by atoms with Gasteiger partial charge < -0.3 is 16.0 Å². The molecule has 1 saturated heterocycles. The fourth-order valence-corrected chi connectivity index (χ4v) is 2.79. The summed E-state index contributed by atoms with van der Waals surface area (Å²) in [6, 6.07) is 6.20. The molecule has 0 aliphatic carbocycles. The smallest absolute Gasteiger partial charge is 0.251 e. The summed E-state index contributed by atoms with van der Waals surface area (Å²) in [6.07, 6.45) is 0.288. The van der Waals surface area contributed by atoms with Crippen LogP contribution in [0.25, 0.3) is 0 Å². The molecule has 2 aromatic carbocycles. The fourth-order valence-electron chi connectivity index (χ4n) is 2.79. The van der Waals surface area contributed by atoms with Gasteiger partial charge in [-0.05, 0) is 36.8 Å². The van der Waals surface area contributed by atoms with Crippen molar-refractivity contribution in [2.75, 3.05) is 16.8 Å². The summed E-state index contributed by atoms with van der Waals surface area (Å²) in [5.74, 6) is -3.88. The molecule has 3 N–H and O–H groups in total. The van der Waals surface area contributed by atoms with Gasteiger partial charge in [0, 0.05) is 12.2 Å². The van der Waals surface area contributed by atoms with Gasteiger partial charge in [-0.25, -0.2) is 13.2 Å². The maximum Gasteiger partial charge on any atom is 0.251 e. The lowest BCUT2D eigenvalue weighted by molar-refractivity contribution is -0.117. The number of hydrogen-bond acceptors (Lipinski definition) is 3. The maximum absolute atomic E-state index is 13.9. The van der Waals surface area contributed by atoms with Crippen LogP contribution in [0.3, 0.4) is 0 Å². The van der Waals surface area contributed by atoms with E-state index in [1.165, 1.54) is 18.2 Å². The Morgan fingerprint density at radius 1 is 1.12 bits per heavy atom. The molecule has 0 bridgehead atoms. The number of benzene rings is 2. The van der Waals surface area contributed by atoms with Crippen molar-refractivity contribution >= 4 is 23.2 Å². The first-order valence-electron chi connectivity index (χ1n) is 7.49. The maximum atomic E-state index is 13.9. The van der Waals surface area contributed by atoms with Gasteiger partial charge in [-0.1, -0.05) is 6.07 Å². The number of primary amides is 1. The second kappa shape index (κ2) is 6.46. The predicted molar refractivity (Wildman–Crippen MR) is 85.7 cm³/mol. The van der Waals surface area contributed by atoms with E-state index in [2.05, 4.69) is 5.32 Å². The highest BCUT2D eigenvalue weighted by atomic mass is 19.1. The normalized spacial score (nSPS) is 17.0. The van der Waals surface area contributed by atoms with Gasteiger partial charge >= 0.3 is 0 Å². The summed E-state index contributed by atoms with van der Waals surface area (Å²) in [4.78, 5) is 24.7. The average molecular weight is 349 g/mol. The number of halogens is 3. The molecule has 1 aliphatic rings. The van der Waals surface area contributed by atoms with Gasteiger partial charge in [0.25, 0.3) is 5.91 Å². The Hall–Kier alpha value is -3.03. The van der Waals surface area contributed by atoms with Crippen LogP contribution in [0.15, 0.2) is 36.4 Å². The quantitative estimate of drug-likeness (QED) is 0.890. The van der Waals surface area contributed by atoms with Crippen LogP contribution in [0, 0.1) is 17.5 Å². The van der Waals surface area contributed by atoms with E-state index in [9.17, 15) is 22.8 Å². The lowest BCUT2D eigenvalue weighted by Crippen LogP contribution is -2.34. The van der Waals surface area contributed by atoms with E-state index in [0.29, 0.717) is 5.69 Å². The summed E-state index contributed by atoms with van der Waals surface area (Å²) in [7, 11) is 0. The molecule has 0 saturated carbocycles. The summed E-state index contributed by atoms with van der Waals surface area (Å²) >= 11 is 0. The highest BCUT2D eigenvalue weighted by Crippen LogP contribution is 2.29. The molecule has 0 spiro atoms. The molecule has 1 heterocycles. The molecule has 1 atom stereocenters. The van der Waals surface area contributed by atoms with Gasteiger partial charge in [0.1, 0.15) is 29.2 Å². The Bertz CT molecular complexity index is 837. The number of nitrogens with two attached hydrogens (primary N) is 1. The third-order valence-corrected chi connectivity index (χ3v) is 3.99. The minimum absolute atomic E-state index is 0.123. The standard InChI is InChI=1S/C17H14F3N3O2/c18-11-5-4-9(8-10(11)16(21)24)22-14-6-7-23(17(14)25)15-12(19)2-1-3-13(15)20/h1-5,8,14,22H,6-7H2,(H2,21,24)/t14-/m1/s1. The van der Waals surface area contributed by atoms with Gasteiger partial charge in [0.15, 0.2) is 0 Å². The van der Waals surface area contributed by atoms with Crippen LogP contribution in [0.1, 0.15) is 16.8 Å². The zero-order valence-electron chi connectivity index (χ0n) is 12.9. The Morgan fingerprint density at radius 2 is 1.80 bits per heavy atom. The largest absolute Gasteiger partial charge is 0.374 e. The molecular weight excluding hydrogens is 335 g/mol. The summed E-state index contributed by atoms with van der Waals surface area (Å²) in [5.41, 5.74) is 4.69. The van der Waals surface area contributed by atoms with Gasteiger partial charge in [-0.3, -0.25) is 9.59 Å². The molecule has 2 amide bonds. The SMILES string of the molecule is NC(=O)c1cc(N[C@@H]2CCN(c3c(F)cccc3F)C2=O)ccc1F. The lowest BCUT2D eigenvalue weighted by atomic mass is 10.1. The molecule has 5 nitrogen and oxygen atoms in total. The monoisotopic (exact) mass is 349 g/mol. The Balaban J connectivity index is 1.81. The first kappa shape index (κ1) is 16.8. The molecule has 3 rings (SSSR count). The van der Waals surface area contributed by atoms with E-state index in [1.807, 2.05) is 0 Å². The van der Waals surface area contributed by atoms with E-state index in [0.717, 1.165) is 23.1 Å². The third kappa shape index (κ3) is 3.15. The molecule has 8 heteroatoms. The van der Waals surface area contributed by atoms with E-state index < -0.39 is 41.0 Å². The molecular formula is C17H14F3N3O2. The molecule has 0 aromatic heterocycles. The molecule has 2 aromatic rings. The van der Waals surface area contributed by atoms with E-state index in [1.54, 1.807) is 0 Å². The Kier molecular flexibility index (Phi) is 4.35. The van der Waals surface area contributed by atoms with Crippen LogP contribution in [0.4, 0.5) is 24.5 Å². The minimum atomic E-state index is -0.936. The van der Waals surface area contributed by atoms with Crippen LogP contribution in [-0.4, -0.2) is 24.4 Å². The molecule has 1 fully saturated rings. The topological polar surface area (TPSA) is 75.4 Å². The van der Waals surface area contributed by atoms with Crippen LogP contribution < -0.4 is 16.0 Å². The molecule has 0 unspecified atom stereocenters. The lowest BCUT2D eigenvalue weighted by Gasteiger charge is -2.19. The van der Waals surface area contributed by atoms with Gasteiger partial charge in [-0.2, -0.15) is 0 Å². The summed E-state index contributed by atoms with van der Waals surface area (Å²) in [5, 5.41) is 2.84. The fraction of sp³-hybridized carbons (Fsp3) is 0.176. The summed E-state index contributed by atoms with van der Waals surface area (Å²) in [6.45, 7) is 0.123. The number of nitrogens with one attached hydrogen (secondary N) is 1. The number of carbonyl (C=O) groups is 2. The van der Waals surface area contributed by atoms with E-state index in [4.69, 9.17) is 5.73 Å². The predicted octanol–water partition coefficient (Wildman–Crippen LogP) is 2.42. The number of anilines is 2. The Labute approximate surface area is 141 Å². The van der Waals surface area contributed by atoms with Crippen LogP contribution in [-0.2, 0) is 4.79 Å². The van der Waals surface area contributed by atoms with Gasteiger partial charge in [0.05, 0.1) is 5.56 Å². The third-order valence-electron chi connectivity index (χ3n) is 3.99. The molecule has 0 radical (unpaired) electrons. The van der Waals surface area contributed by atoms with Crippen molar-refractivity contribution in [2.45, 2.75) is 12.5 Å². The highest BCUT2D eigenvalue weighted by molar-refractivity contribution is 6.01. The van der Waals surface area contributed by atoms with Crippen molar-refractivity contribution < 1.29 is 22.8 Å². The molecule has 1 aliphatic heterocycles. The van der Waals surface area contributed by atoms with Crippen molar-refractivity contribution in [1.29, 1.82) is 0 Å². The number of amides is 2. The van der Waals surface area contributed by atoms with Gasteiger partial charge in [-0.15, -0.1) is 0 Å². The van der Waals surface area contributed by atoms with Crippen molar-refractivity contribution in [1.82, 2.24) is 0 Å². The van der Waals surface area contributed by atoms with Crippen molar-refractivity contribution in [3.8, 4) is 0 Å². The minimum Gasteiger partial charge on any atom is -0.374 e. The van der Waals surface area contributed by atoms with E-state index in [-0.39, 0.29) is 18.5 Å². The van der Waals surface area contributed by atoms with Crippen LogP contribution in [0.2, 0.25) is 0 Å². The highest BCUT2D eigenvalue weighted by Gasteiger charge is 2.35. The van der Waals surface area contributed by atoms with Gasteiger partial charge in [0.2, 0.25) is 5.91 Å². The first-order chi connectivity index (χ1) is 11.9. The van der Waals surface area contributed by atoms with Crippen molar-refractivity contribution in [3.05, 3.63) is 59.4 Å². The van der Waals surface area contributed by atoms with Crippen molar-refractivity contribution in [2.24, 2.45) is 5.73 Å². The number of rotatable bonds is 4. The molecule has 130 valence electrons. The first-order valence-corrected chi connectivity index (χ1v) is 7.49. The van der Waals surface area contributed by atoms with E-state index >= 15 is 0 Å². The number of para-hydroxylation sites is 1. The van der Waals surface area contributed by atoms with Crippen LogP contribution in [0.5, 0.6) is 0 Å². The second-order valence-corrected chi connectivity index (χ2v) is 5.60. The Morgan fingerprint density at radius 3 is 2.44 bits per heavy atom. The number of hydrogen-bond donors (Lipinski definition) is 2. The van der Waals surface area contributed by atoms with Crippen LogP contribution >= 0.6 is 0 Å². The number of carbonyl (C=O) groups excluding carboxylic acids is 2. The summed E-state index contributed by atoms with van der Waals surface area (Å²) < 4.78 is 41.2. The zero-order chi connectivity index (χ0) is 18.1. The number of nitrogens with zero attached hydrogens (tertiary/aromatic N) is 1. The van der Waals surface area contributed by atoms with Crippen molar-refractivity contribution in [3.63, 3.8) is 0 Å². The zero-order valence-corrected chi connectivity index (χ0v) is 12.9.